The molecule has 3 aliphatic rings. The van der Waals surface area contributed by atoms with Gasteiger partial charge in [0.05, 0.1) is 5.69 Å². The third-order valence-corrected chi connectivity index (χ3v) is 11.2. The van der Waals surface area contributed by atoms with Crippen molar-refractivity contribution in [3.8, 4) is 0 Å². The highest BCUT2D eigenvalue weighted by Gasteiger charge is 2.72. The number of rotatable bonds is 1. The lowest BCUT2D eigenvalue weighted by atomic mass is 9.47. The van der Waals surface area contributed by atoms with E-state index in [0.29, 0.717) is 0 Å². The van der Waals surface area contributed by atoms with Crippen LogP contribution in [0.5, 0.6) is 0 Å². The second kappa shape index (κ2) is 5.72. The molecule has 0 saturated carbocycles. The van der Waals surface area contributed by atoms with Gasteiger partial charge in [-0.25, -0.2) is 0 Å². The van der Waals surface area contributed by atoms with Gasteiger partial charge in [0.2, 0.25) is 0 Å². The van der Waals surface area contributed by atoms with Gasteiger partial charge >= 0.3 is 0 Å². The van der Waals surface area contributed by atoms with Crippen molar-refractivity contribution in [2.24, 2.45) is 15.8 Å². The summed E-state index contributed by atoms with van der Waals surface area (Å²) in [6.45, 7) is 24.7. The predicted octanol–water partition coefficient (Wildman–Crippen LogP) is 7.95. The first-order valence-electron chi connectivity index (χ1n) is 12.1. The van der Waals surface area contributed by atoms with Crippen molar-refractivity contribution in [3.63, 3.8) is 0 Å². The van der Waals surface area contributed by atoms with Gasteiger partial charge in [-0.1, -0.05) is 74.4 Å². The Kier molecular flexibility index (Phi) is 3.87. The van der Waals surface area contributed by atoms with E-state index in [0.717, 1.165) is 12.8 Å². The molecule has 2 aliphatic carbocycles. The smallest absolute Gasteiger partial charge is 0.0667 e. The molecule has 1 nitrogen and oxygen atoms in total. The average molecular weight is 414 g/mol. The van der Waals surface area contributed by atoms with Gasteiger partial charge in [0, 0.05) is 11.1 Å². The molecule has 0 atom stereocenters. The van der Waals surface area contributed by atoms with Crippen LogP contribution < -0.4 is 0 Å². The monoisotopic (exact) mass is 413 g/mol. The Hall–Kier alpha value is -1.89. The summed E-state index contributed by atoms with van der Waals surface area (Å²) < 4.78 is 0. The number of benzene rings is 2. The molecule has 0 saturated heterocycles. The Morgan fingerprint density at radius 1 is 0.742 bits per heavy atom. The molecule has 0 spiro atoms. The van der Waals surface area contributed by atoms with Crippen molar-refractivity contribution in [1.29, 1.82) is 0 Å². The van der Waals surface area contributed by atoms with Crippen LogP contribution in [-0.4, -0.2) is 5.71 Å². The molecule has 5 rings (SSSR count). The zero-order valence-corrected chi connectivity index (χ0v) is 21.2. The minimum absolute atomic E-state index is 0.110. The van der Waals surface area contributed by atoms with Crippen molar-refractivity contribution in [2.75, 3.05) is 0 Å². The Morgan fingerprint density at radius 2 is 1.29 bits per heavy atom. The fourth-order valence-corrected chi connectivity index (χ4v) is 7.43. The summed E-state index contributed by atoms with van der Waals surface area (Å²) in [5.41, 5.74) is 12.0. The van der Waals surface area contributed by atoms with Crippen LogP contribution in [0.2, 0.25) is 0 Å². The normalized spacial score (nSPS) is 25.0. The lowest BCUT2D eigenvalue weighted by molar-refractivity contribution is -0.0105. The Bertz CT molecular complexity index is 1100. The van der Waals surface area contributed by atoms with Crippen molar-refractivity contribution in [2.45, 2.75) is 98.3 Å². The maximum atomic E-state index is 5.19. The van der Waals surface area contributed by atoms with Crippen LogP contribution in [0.1, 0.15) is 102 Å². The van der Waals surface area contributed by atoms with Gasteiger partial charge in [0.1, 0.15) is 0 Å². The molecular weight excluding hydrogens is 374 g/mol. The molecule has 0 N–H and O–H groups in total. The number of aliphatic imine (C=N–C) groups is 1. The minimum Gasteiger partial charge on any atom is -0.253 e. The molecule has 2 aromatic carbocycles. The topological polar surface area (TPSA) is 12.4 Å². The summed E-state index contributed by atoms with van der Waals surface area (Å²) in [5, 5.41) is 0. The van der Waals surface area contributed by atoms with Crippen LogP contribution in [0, 0.1) is 17.8 Å². The summed E-state index contributed by atoms with van der Waals surface area (Å²) in [6, 6.07) is 11.6. The molecule has 2 aromatic rings. The summed E-state index contributed by atoms with van der Waals surface area (Å²) >= 11 is 0. The zero-order valence-electron chi connectivity index (χ0n) is 21.2. The van der Waals surface area contributed by atoms with E-state index in [-0.39, 0.29) is 27.1 Å². The highest BCUT2D eigenvalue weighted by Crippen LogP contribution is 2.76. The molecule has 0 bridgehead atoms. The van der Waals surface area contributed by atoms with Crippen molar-refractivity contribution in [3.05, 3.63) is 63.7 Å². The number of fused-ring (bicyclic) bond motifs is 1. The van der Waals surface area contributed by atoms with Crippen LogP contribution in [-0.2, 0) is 22.7 Å². The van der Waals surface area contributed by atoms with Crippen LogP contribution in [0.3, 0.4) is 0 Å². The van der Waals surface area contributed by atoms with E-state index < -0.39 is 0 Å². The fraction of sp³-hybridized carbons (Fsp3) is 0.567. The van der Waals surface area contributed by atoms with Gasteiger partial charge in [-0.3, -0.25) is 4.99 Å². The molecular formula is C30H39N. The second-order valence-electron chi connectivity index (χ2n) is 12.7. The lowest BCUT2D eigenvalue weighted by Crippen LogP contribution is -2.55. The molecule has 164 valence electrons. The molecule has 0 aromatic heterocycles. The average Bonchev–Trinajstić information content (AvgIpc) is 2.91. The molecule has 1 heteroatoms. The van der Waals surface area contributed by atoms with E-state index in [4.69, 9.17) is 4.99 Å². The Labute approximate surface area is 189 Å². The summed E-state index contributed by atoms with van der Waals surface area (Å²) in [4.78, 5) is 5.19. The third-order valence-electron chi connectivity index (χ3n) is 11.2. The van der Waals surface area contributed by atoms with E-state index in [1.165, 1.54) is 28.1 Å². The largest absolute Gasteiger partial charge is 0.253 e. The number of aryl methyl sites for hydroxylation is 1. The third kappa shape index (κ3) is 2.12. The number of nitrogens with zero attached hydrogens (tertiary/aromatic N) is 1. The van der Waals surface area contributed by atoms with Gasteiger partial charge in [0.25, 0.3) is 0 Å². The van der Waals surface area contributed by atoms with E-state index in [1.54, 1.807) is 16.7 Å². The van der Waals surface area contributed by atoms with Crippen LogP contribution in [0.4, 0.5) is 5.69 Å². The minimum atomic E-state index is 0.110. The molecule has 31 heavy (non-hydrogen) atoms. The first-order chi connectivity index (χ1) is 14.2. The molecule has 1 heterocycles. The van der Waals surface area contributed by atoms with Gasteiger partial charge in [-0.15, -0.1) is 0 Å². The first-order valence-corrected chi connectivity index (χ1v) is 12.1. The maximum absolute atomic E-state index is 5.19. The second-order valence-corrected chi connectivity index (χ2v) is 12.7. The summed E-state index contributed by atoms with van der Waals surface area (Å²) in [6.07, 6.45) is 2.12. The summed E-state index contributed by atoms with van der Waals surface area (Å²) in [7, 11) is 0. The SMILES string of the molecule is Cc1cccc2c1CCC(c1cc3c4c(c1)C(C)(C)C(C)(C)C4(C)C(C)(C)C3(C)C)=N2. The molecule has 0 amide bonds. The highest BCUT2D eigenvalue weighted by molar-refractivity contribution is 6.04. The van der Waals surface area contributed by atoms with Crippen LogP contribution >= 0.6 is 0 Å². The molecule has 1 aliphatic heterocycles. The maximum Gasteiger partial charge on any atom is 0.0667 e. The quantitative estimate of drug-likeness (QED) is 0.450. The molecule has 0 fully saturated rings. The standard InChI is InChI=1S/C30H39N/c1-18-12-11-13-24-20(18)14-15-23(31-24)19-16-21-25-22(17-19)27(4,5)29(8,9)30(25,10)28(6,7)26(21,2)3/h11-13,16-17H,14-15H2,1-10H3. The molecule has 0 unspecified atom stereocenters. The van der Waals surface area contributed by atoms with Crippen molar-refractivity contribution >= 4 is 11.4 Å². The van der Waals surface area contributed by atoms with Gasteiger partial charge in [-0.05, 0) is 93.0 Å². The fourth-order valence-electron chi connectivity index (χ4n) is 7.43. The van der Waals surface area contributed by atoms with Crippen LogP contribution in [0.25, 0.3) is 0 Å². The van der Waals surface area contributed by atoms with Gasteiger partial charge in [0.15, 0.2) is 0 Å². The summed E-state index contributed by atoms with van der Waals surface area (Å²) in [5.74, 6) is 0. The molecule has 0 radical (unpaired) electrons. The van der Waals surface area contributed by atoms with E-state index in [2.05, 4.69) is 99.6 Å². The lowest BCUT2D eigenvalue weighted by Gasteiger charge is -2.56. The number of hydrogen-bond acceptors (Lipinski definition) is 1. The number of hydrogen-bond donors (Lipinski definition) is 0. The van der Waals surface area contributed by atoms with Crippen LogP contribution in [0.15, 0.2) is 35.3 Å². The van der Waals surface area contributed by atoms with E-state index in [9.17, 15) is 0 Å². The zero-order chi connectivity index (χ0) is 22.8. The van der Waals surface area contributed by atoms with Crippen molar-refractivity contribution in [1.82, 2.24) is 0 Å². The van der Waals surface area contributed by atoms with Crippen molar-refractivity contribution < 1.29 is 0 Å². The van der Waals surface area contributed by atoms with E-state index >= 15 is 0 Å². The first kappa shape index (κ1) is 21.0. The van der Waals surface area contributed by atoms with Gasteiger partial charge in [-0.2, -0.15) is 0 Å². The van der Waals surface area contributed by atoms with Gasteiger partial charge < -0.3 is 0 Å². The van der Waals surface area contributed by atoms with E-state index in [1.807, 2.05) is 0 Å². The Morgan fingerprint density at radius 3 is 1.84 bits per heavy atom. The predicted molar refractivity (Wildman–Crippen MR) is 133 cm³/mol. The highest BCUT2D eigenvalue weighted by atomic mass is 14.8. The Balaban J connectivity index is 1.80.